The summed E-state index contributed by atoms with van der Waals surface area (Å²) in [6.45, 7) is 2.32. The summed E-state index contributed by atoms with van der Waals surface area (Å²) in [6, 6.07) is 31.8. The molecular weight excluding hydrogens is 1260 g/mol. The molecule has 6 heterocycles. The van der Waals surface area contributed by atoms with Crippen molar-refractivity contribution in [2.24, 2.45) is 0 Å². The van der Waals surface area contributed by atoms with Crippen LogP contribution in [0.3, 0.4) is 0 Å². The first-order chi connectivity index (χ1) is 43.8. The molecule has 2 aliphatic heterocycles. The number of halogens is 7. The van der Waals surface area contributed by atoms with Crippen molar-refractivity contribution in [1.82, 2.24) is 39.3 Å². The predicted octanol–water partition coefficient (Wildman–Crippen LogP) is 13.1. The molecular formula is C66H57Cl3F4N12O7. The van der Waals surface area contributed by atoms with Gasteiger partial charge in [-0.05, 0) is 74.5 Å². The average molecular weight is 1310 g/mol. The summed E-state index contributed by atoms with van der Waals surface area (Å²) in [5, 5.41) is 25.2. The zero-order chi connectivity index (χ0) is 64.5. The van der Waals surface area contributed by atoms with Gasteiger partial charge in [-0.1, -0.05) is 83.9 Å². The molecule has 92 heavy (non-hydrogen) atoms. The number of fused-ring (bicyclic) bond motifs is 2. The quantitative estimate of drug-likeness (QED) is 0.0389. The number of aromatic nitrogens is 6. The summed E-state index contributed by atoms with van der Waals surface area (Å²) in [5.41, 5.74) is 6.48. The first-order valence-electron chi connectivity index (χ1n) is 28.3. The second-order valence-corrected chi connectivity index (χ2v) is 22.1. The fourth-order valence-corrected chi connectivity index (χ4v) is 11.2. The van der Waals surface area contributed by atoms with E-state index in [-0.39, 0.29) is 79.9 Å². The molecule has 10 aromatic rings. The average Bonchev–Trinajstić information content (AvgIpc) is 1.68. The number of ketones is 2. The fraction of sp³-hybridized carbons (Fsp3) is 0.182. The van der Waals surface area contributed by atoms with E-state index in [4.69, 9.17) is 28.3 Å². The maximum atomic E-state index is 15.5. The van der Waals surface area contributed by atoms with Gasteiger partial charge in [0.25, 0.3) is 0 Å². The number of carboxylic acids is 1. The van der Waals surface area contributed by atoms with Gasteiger partial charge in [0.05, 0.1) is 60.1 Å². The summed E-state index contributed by atoms with van der Waals surface area (Å²) >= 11 is 12.4. The Morgan fingerprint density at radius 3 is 1.48 bits per heavy atom. The Hall–Kier alpha value is -10.1. The molecule has 6 aromatic carbocycles. The van der Waals surface area contributed by atoms with Crippen molar-refractivity contribution >= 4 is 127 Å². The third kappa shape index (κ3) is 15.6. The van der Waals surface area contributed by atoms with E-state index in [1.54, 1.807) is 143 Å². The highest BCUT2D eigenvalue weighted by Crippen LogP contribution is 2.36. The highest BCUT2D eigenvalue weighted by Gasteiger charge is 2.40. The lowest BCUT2D eigenvalue weighted by molar-refractivity contribution is -0.137. The van der Waals surface area contributed by atoms with Crippen LogP contribution in [0.5, 0.6) is 0 Å². The number of nitrogens with one attached hydrogen (secondary N) is 5. The number of carboxylic acid groups (broad SMARTS) is 1. The van der Waals surface area contributed by atoms with Crippen LogP contribution in [0.4, 0.5) is 51.7 Å². The molecule has 0 radical (unpaired) electrons. The van der Waals surface area contributed by atoms with Crippen LogP contribution in [0, 0.1) is 11.6 Å². The minimum Gasteiger partial charge on any atom is -0.480 e. The van der Waals surface area contributed by atoms with Crippen molar-refractivity contribution in [1.29, 1.82) is 0 Å². The molecule has 12 rings (SSSR count). The van der Waals surface area contributed by atoms with Gasteiger partial charge in [-0.15, -0.1) is 12.4 Å². The van der Waals surface area contributed by atoms with Crippen LogP contribution < -0.4 is 26.6 Å². The number of rotatable bonds is 16. The predicted molar refractivity (Wildman–Crippen MR) is 347 cm³/mol. The standard InChI is InChI=1S/C33H27ClF2N6O3.C17H15ClF2N2O.C16H14N4O3.ClH/c1-19(43)26-16-41(29-10-9-21(12-25(26)29)39-22-13-37-18-38-14-22)17-31(44)42-15-20(35)11-30(42)33(45)40-28-8-4-6-24(32(28)36)23-5-2-3-7-27(23)34;18-13-6-2-1-4-11(13)12-5-3-7-14(16(12)20)22-17(23)15-8-10(19)9-21-15;1-10(21)14-7-20(8-16(22)23)15-3-2-11(4-13(14)15)19-12-5-17-9-18-6-12;/h2-10,12-14,16,18,20,30,39H,11,15,17H2,1H3,(H,40,45);1-7,10,15,21H,8-9H2,(H,22,23);2-7,9,19H,8H2,1H3,(H,22,23);1H/t20-,30+;10-,15+;;/m11../s1. The summed E-state index contributed by atoms with van der Waals surface area (Å²) in [4.78, 5) is 91.3. The number of alkyl halides is 2. The number of carbonyl (C=O) groups excluding carboxylic acids is 5. The van der Waals surface area contributed by atoms with E-state index < -0.39 is 59.8 Å². The molecule has 2 aliphatic rings. The SMILES string of the molecule is CC(=O)c1cn(CC(=O)N2C[C@H](F)C[C@H]2C(=O)Nc2cccc(-c3ccccc3Cl)c2F)c2ccc(Nc3cncnc3)cc12.CC(=O)c1cn(CC(=O)O)c2ccc(Nc3cncnc3)cc12.Cl.O=C(Nc1cccc(-c2ccccc2Cl)c1F)[C@@H]1C[C@@H](F)CN1. The fourth-order valence-electron chi connectivity index (χ4n) is 10.7. The number of anilines is 6. The van der Waals surface area contributed by atoms with Gasteiger partial charge in [-0.25, -0.2) is 37.5 Å². The van der Waals surface area contributed by atoms with Gasteiger partial charge in [0.2, 0.25) is 17.7 Å². The third-order valence-electron chi connectivity index (χ3n) is 14.9. The molecule has 0 saturated carbocycles. The monoisotopic (exact) mass is 1310 g/mol. The molecule has 0 spiro atoms. The molecule has 19 nitrogen and oxygen atoms in total. The van der Waals surface area contributed by atoms with Crippen molar-refractivity contribution < 1.29 is 51.4 Å². The van der Waals surface area contributed by atoms with Gasteiger partial charge >= 0.3 is 5.97 Å². The second-order valence-electron chi connectivity index (χ2n) is 21.3. The van der Waals surface area contributed by atoms with Crippen LogP contribution in [0.25, 0.3) is 44.1 Å². The molecule has 0 bridgehead atoms. The van der Waals surface area contributed by atoms with Crippen molar-refractivity contribution in [2.75, 3.05) is 34.4 Å². The Bertz CT molecular complexity index is 4390. The van der Waals surface area contributed by atoms with E-state index in [1.807, 2.05) is 12.1 Å². The van der Waals surface area contributed by atoms with E-state index in [0.717, 1.165) is 11.4 Å². The Morgan fingerprint density at radius 2 is 1.03 bits per heavy atom. The van der Waals surface area contributed by atoms with Crippen LogP contribution in [0.15, 0.2) is 171 Å². The molecule has 4 atom stereocenters. The Labute approximate surface area is 539 Å². The number of aliphatic carboxylic acids is 1. The summed E-state index contributed by atoms with van der Waals surface area (Å²) in [6.07, 6.45) is 9.88. The van der Waals surface area contributed by atoms with Crippen molar-refractivity contribution in [3.05, 3.63) is 204 Å². The molecule has 0 unspecified atom stereocenters. The Kier molecular flexibility index (Phi) is 21.4. The van der Waals surface area contributed by atoms with Gasteiger partial charge in [0.15, 0.2) is 23.2 Å². The van der Waals surface area contributed by atoms with E-state index in [0.29, 0.717) is 71.0 Å². The zero-order valence-corrected chi connectivity index (χ0v) is 51.2. The summed E-state index contributed by atoms with van der Waals surface area (Å²) < 4.78 is 61.2. The lowest BCUT2D eigenvalue weighted by Gasteiger charge is -2.24. The number of amides is 3. The van der Waals surface area contributed by atoms with Gasteiger partial charge in [0, 0.05) is 108 Å². The Balaban J connectivity index is 0.000000179. The zero-order valence-electron chi connectivity index (χ0n) is 48.9. The summed E-state index contributed by atoms with van der Waals surface area (Å²) in [5.74, 6) is -4.20. The molecule has 3 amide bonds. The molecule has 26 heteroatoms. The molecule has 0 aliphatic carbocycles. The van der Waals surface area contributed by atoms with Crippen LogP contribution in [-0.2, 0) is 32.3 Å². The van der Waals surface area contributed by atoms with Crippen molar-refractivity contribution in [3.8, 4) is 22.3 Å². The number of Topliss-reactive ketones (excluding diaryl/α,β-unsaturated/α-hetero) is 2. The third-order valence-corrected chi connectivity index (χ3v) is 15.6. The largest absolute Gasteiger partial charge is 0.480 e. The molecule has 2 saturated heterocycles. The number of carbonyl (C=O) groups is 6. The van der Waals surface area contributed by atoms with Crippen LogP contribution in [0.1, 0.15) is 47.4 Å². The topological polar surface area (TPSA) is 247 Å². The maximum absolute atomic E-state index is 15.5. The van der Waals surface area contributed by atoms with Crippen LogP contribution in [0.2, 0.25) is 10.0 Å². The Morgan fingerprint density at radius 1 is 0.576 bits per heavy atom. The highest BCUT2D eigenvalue weighted by molar-refractivity contribution is 6.33. The first-order valence-corrected chi connectivity index (χ1v) is 29.1. The normalized spacial score (nSPS) is 15.7. The minimum atomic E-state index is -1.44. The molecule has 4 aromatic heterocycles. The van der Waals surface area contributed by atoms with E-state index in [1.165, 1.54) is 43.5 Å². The maximum Gasteiger partial charge on any atom is 0.323 e. The lowest BCUT2D eigenvalue weighted by atomic mass is 10.0. The number of nitrogens with zero attached hydrogens (tertiary/aromatic N) is 7. The van der Waals surface area contributed by atoms with Crippen LogP contribution in [-0.4, -0.2) is 112 Å². The van der Waals surface area contributed by atoms with Crippen molar-refractivity contribution in [2.45, 2.75) is 64.2 Å². The van der Waals surface area contributed by atoms with E-state index in [9.17, 15) is 41.9 Å². The van der Waals surface area contributed by atoms with Gasteiger partial charge in [-0.3, -0.25) is 28.8 Å². The number of benzene rings is 6. The summed E-state index contributed by atoms with van der Waals surface area (Å²) in [7, 11) is 0. The van der Waals surface area contributed by atoms with E-state index >= 15 is 4.39 Å². The lowest BCUT2D eigenvalue weighted by Crippen LogP contribution is -2.44. The smallest absolute Gasteiger partial charge is 0.323 e. The first kappa shape index (κ1) is 66.4. The second kappa shape index (κ2) is 29.7. The molecule has 472 valence electrons. The number of hydrogen-bond donors (Lipinski definition) is 6. The van der Waals surface area contributed by atoms with Gasteiger partial charge in [0.1, 0.15) is 44.1 Å². The molecule has 6 N–H and O–H groups in total. The highest BCUT2D eigenvalue weighted by atomic mass is 35.5. The minimum absolute atomic E-state index is 0. The number of likely N-dealkylation sites (tertiary alicyclic amines) is 1. The van der Waals surface area contributed by atoms with Gasteiger partial charge < -0.3 is 45.7 Å². The van der Waals surface area contributed by atoms with Crippen molar-refractivity contribution in [3.63, 3.8) is 0 Å². The number of hydrogen-bond acceptors (Lipinski definition) is 13. The van der Waals surface area contributed by atoms with E-state index in [2.05, 4.69) is 46.5 Å². The molecule has 2 fully saturated rings. The van der Waals surface area contributed by atoms with Gasteiger partial charge in [-0.2, -0.15) is 0 Å². The van der Waals surface area contributed by atoms with Crippen LogP contribution >= 0.6 is 35.6 Å².